The molecule has 0 aliphatic carbocycles. The van der Waals surface area contributed by atoms with Gasteiger partial charge in [0.2, 0.25) is 0 Å². The SMILES string of the molecule is CC(C)Cc1cc(-c2ccnc(-c3[c-]c4ccccc4c(C(C)(C)C)c3)c2)cc2ccsc12.CCC(C)(CC)C(=O)/C=C(\O)C(C)(CC)CC.[Ir]. The standard InChI is InChI=1S/C31H30NS.C15H28O2.Ir/c1-20(2)14-26-17-24(16-23-11-13-33-30(23)26)21-10-12-32-29(19-21)25-15-22-8-6-7-9-27(22)28(18-25)31(3,4)5;1-7-14(5,8-2)12(16)11-13(17)15(6,9-3)10-4;/h6-13,16-20H,14H2,1-5H3;11,16H,7-10H2,1-6H3;/q-1;;/b;12-11-;. The fraction of sp³-hybridized carbons (Fsp3) is 0.435. The topological polar surface area (TPSA) is 50.2 Å². The average Bonchev–Trinajstić information content (AvgIpc) is 3.59. The minimum Gasteiger partial charge on any atom is -0.512 e. The molecular formula is C46H58IrNO2S-. The van der Waals surface area contributed by atoms with Crippen LogP contribution in [-0.2, 0) is 36.7 Å². The number of carbonyl (C=O) groups is 1. The van der Waals surface area contributed by atoms with Crippen LogP contribution in [0.25, 0.3) is 43.2 Å². The van der Waals surface area contributed by atoms with Crippen molar-refractivity contribution >= 4 is 38.0 Å². The number of nitrogens with zero attached hydrogens (tertiary/aromatic N) is 1. The Morgan fingerprint density at radius 1 is 0.863 bits per heavy atom. The molecular weight excluding hydrogens is 823 g/mol. The van der Waals surface area contributed by atoms with Crippen LogP contribution in [0.3, 0.4) is 0 Å². The van der Waals surface area contributed by atoms with Crippen molar-refractivity contribution in [3.63, 3.8) is 0 Å². The summed E-state index contributed by atoms with van der Waals surface area (Å²) in [6.07, 6.45) is 7.78. The molecule has 5 rings (SSSR count). The van der Waals surface area contributed by atoms with Crippen LogP contribution in [0.2, 0.25) is 0 Å². The summed E-state index contributed by atoms with van der Waals surface area (Å²) < 4.78 is 1.42. The Labute approximate surface area is 325 Å². The zero-order valence-electron chi connectivity index (χ0n) is 32.7. The van der Waals surface area contributed by atoms with E-state index in [1.807, 2.05) is 59.1 Å². The van der Waals surface area contributed by atoms with Crippen LogP contribution in [0.15, 0.2) is 84.1 Å². The van der Waals surface area contributed by atoms with E-state index in [0.717, 1.165) is 48.7 Å². The maximum Gasteiger partial charge on any atom is 0.164 e. The Bertz CT molecular complexity index is 1950. The van der Waals surface area contributed by atoms with Crippen molar-refractivity contribution in [1.82, 2.24) is 4.98 Å². The number of aromatic nitrogens is 1. The molecule has 3 aromatic carbocycles. The molecule has 0 saturated carbocycles. The van der Waals surface area contributed by atoms with Crippen molar-refractivity contribution < 1.29 is 30.0 Å². The third-order valence-electron chi connectivity index (χ3n) is 10.8. The van der Waals surface area contributed by atoms with Crippen molar-refractivity contribution in [1.29, 1.82) is 0 Å². The zero-order valence-corrected chi connectivity index (χ0v) is 35.9. The number of hydrogen-bond donors (Lipinski definition) is 1. The Morgan fingerprint density at radius 3 is 2.12 bits per heavy atom. The maximum atomic E-state index is 12.2. The first kappa shape index (κ1) is 42.3. The van der Waals surface area contributed by atoms with Gasteiger partial charge in [0.15, 0.2) is 5.78 Å². The summed E-state index contributed by atoms with van der Waals surface area (Å²) in [5, 5.41) is 16.1. The number of thiophene rings is 1. The van der Waals surface area contributed by atoms with Crippen molar-refractivity contribution in [3.8, 4) is 22.4 Å². The Kier molecular flexibility index (Phi) is 14.6. The number of fused-ring (bicyclic) bond motifs is 2. The molecule has 0 amide bonds. The summed E-state index contributed by atoms with van der Waals surface area (Å²) in [5.41, 5.74) is 6.70. The molecule has 275 valence electrons. The van der Waals surface area contributed by atoms with Crippen LogP contribution in [0.1, 0.15) is 113 Å². The van der Waals surface area contributed by atoms with Gasteiger partial charge in [0.1, 0.15) is 5.76 Å². The average molecular weight is 881 g/mol. The first-order valence-electron chi connectivity index (χ1n) is 18.5. The fourth-order valence-corrected chi connectivity index (χ4v) is 7.25. The van der Waals surface area contributed by atoms with E-state index in [0.29, 0.717) is 5.92 Å². The van der Waals surface area contributed by atoms with Gasteiger partial charge >= 0.3 is 0 Å². The Morgan fingerprint density at radius 2 is 1.51 bits per heavy atom. The molecule has 0 spiro atoms. The molecule has 2 heterocycles. The number of carbonyl (C=O) groups excluding carboxylic acids is 1. The maximum absolute atomic E-state index is 12.2. The number of pyridine rings is 1. The van der Waals surface area contributed by atoms with Gasteiger partial charge in [-0.15, -0.1) is 40.5 Å². The van der Waals surface area contributed by atoms with Crippen molar-refractivity contribution in [2.45, 2.75) is 114 Å². The van der Waals surface area contributed by atoms with Crippen molar-refractivity contribution in [2.24, 2.45) is 16.7 Å². The number of aliphatic hydroxyl groups excluding tert-OH is 1. The van der Waals surface area contributed by atoms with Crippen LogP contribution in [0.4, 0.5) is 0 Å². The molecule has 0 saturated heterocycles. The van der Waals surface area contributed by atoms with Crippen LogP contribution in [0, 0.1) is 22.8 Å². The number of aliphatic hydroxyl groups is 1. The molecule has 0 unspecified atom stereocenters. The van der Waals surface area contributed by atoms with Crippen molar-refractivity contribution in [2.75, 3.05) is 0 Å². The Balaban J connectivity index is 0.000000335. The van der Waals surface area contributed by atoms with Gasteiger partial charge in [0.05, 0.1) is 0 Å². The summed E-state index contributed by atoms with van der Waals surface area (Å²) in [4.78, 5) is 16.9. The second-order valence-corrected chi connectivity index (χ2v) is 16.7. The van der Waals surface area contributed by atoms with E-state index in [-0.39, 0.29) is 47.9 Å². The van der Waals surface area contributed by atoms with Gasteiger partial charge in [0.25, 0.3) is 0 Å². The molecule has 5 heteroatoms. The fourth-order valence-electron chi connectivity index (χ4n) is 6.34. The van der Waals surface area contributed by atoms with Gasteiger partial charge in [-0.05, 0) is 95.2 Å². The number of benzene rings is 3. The number of allylic oxidation sites excluding steroid dienone is 2. The van der Waals surface area contributed by atoms with Gasteiger partial charge in [-0.25, -0.2) is 0 Å². The van der Waals surface area contributed by atoms with E-state index in [4.69, 9.17) is 4.98 Å². The first-order chi connectivity index (χ1) is 23.6. The summed E-state index contributed by atoms with van der Waals surface area (Å²) >= 11 is 1.85. The molecule has 0 aliphatic heterocycles. The molecule has 51 heavy (non-hydrogen) atoms. The van der Waals surface area contributed by atoms with Crippen LogP contribution < -0.4 is 0 Å². The summed E-state index contributed by atoms with van der Waals surface area (Å²) in [5.74, 6) is 0.912. The third kappa shape index (κ3) is 9.86. The minimum absolute atomic E-state index is 0. The molecule has 3 nitrogen and oxygen atoms in total. The molecule has 0 aliphatic rings. The quantitative estimate of drug-likeness (QED) is 0.0817. The monoisotopic (exact) mass is 881 g/mol. The molecule has 1 N–H and O–H groups in total. The molecule has 0 fully saturated rings. The van der Waals surface area contributed by atoms with Crippen LogP contribution >= 0.6 is 11.3 Å². The molecule has 1 radical (unpaired) electrons. The largest absolute Gasteiger partial charge is 0.512 e. The smallest absolute Gasteiger partial charge is 0.164 e. The predicted octanol–water partition coefficient (Wildman–Crippen LogP) is 13.7. The first-order valence-corrected chi connectivity index (χ1v) is 19.3. The van der Waals surface area contributed by atoms with Gasteiger partial charge < -0.3 is 5.11 Å². The number of rotatable bonds is 11. The summed E-state index contributed by atoms with van der Waals surface area (Å²) in [6, 6.07) is 25.8. The van der Waals surface area contributed by atoms with Crippen LogP contribution in [0.5, 0.6) is 0 Å². The van der Waals surface area contributed by atoms with Gasteiger partial charge in [0, 0.05) is 53.6 Å². The molecule has 0 atom stereocenters. The second kappa shape index (κ2) is 17.6. The van der Waals surface area contributed by atoms with E-state index in [2.05, 4.69) is 107 Å². The van der Waals surface area contributed by atoms with Crippen molar-refractivity contribution in [3.05, 3.63) is 101 Å². The normalized spacial score (nSPS) is 12.5. The van der Waals surface area contributed by atoms with E-state index >= 15 is 0 Å². The van der Waals surface area contributed by atoms with E-state index < -0.39 is 0 Å². The molecule has 5 aromatic rings. The van der Waals surface area contributed by atoms with E-state index in [1.165, 1.54) is 43.8 Å². The zero-order chi connectivity index (χ0) is 36.9. The second-order valence-electron chi connectivity index (χ2n) is 15.8. The summed E-state index contributed by atoms with van der Waals surface area (Å²) in [6.45, 7) is 23.5. The predicted molar refractivity (Wildman–Crippen MR) is 217 cm³/mol. The van der Waals surface area contributed by atoms with Gasteiger partial charge in [-0.1, -0.05) is 111 Å². The van der Waals surface area contributed by atoms with E-state index in [1.54, 1.807) is 0 Å². The molecule has 2 aromatic heterocycles. The third-order valence-corrected chi connectivity index (χ3v) is 11.8. The minimum atomic E-state index is -0.337. The number of hydrogen-bond acceptors (Lipinski definition) is 4. The van der Waals surface area contributed by atoms with Crippen LogP contribution in [-0.4, -0.2) is 15.9 Å². The van der Waals surface area contributed by atoms with Gasteiger partial charge in [-0.3, -0.25) is 9.78 Å². The number of ketones is 1. The van der Waals surface area contributed by atoms with E-state index in [9.17, 15) is 9.90 Å². The Hall–Kier alpha value is -3.11. The van der Waals surface area contributed by atoms with Gasteiger partial charge in [-0.2, -0.15) is 0 Å². The summed E-state index contributed by atoms with van der Waals surface area (Å²) in [7, 11) is 0. The molecule has 0 bridgehead atoms.